The Hall–Kier alpha value is -2.70. The SMILES string of the molecule is CCCN1C(=O)/C(=C/c2cn(-c3ccccc3)nc2-c2c(C)cc(C)cc2C)SC1=S. The summed E-state index contributed by atoms with van der Waals surface area (Å²) in [6, 6.07) is 14.4. The first kappa shape index (κ1) is 21.5. The fraction of sp³-hybridized carbons (Fsp3) is 0.240. The first-order chi connectivity index (χ1) is 14.9. The van der Waals surface area contributed by atoms with E-state index < -0.39 is 0 Å². The Morgan fingerprint density at radius 2 is 1.77 bits per heavy atom. The van der Waals surface area contributed by atoms with Crippen LogP contribution in [0, 0.1) is 20.8 Å². The third-order valence-electron chi connectivity index (χ3n) is 5.28. The molecule has 0 N–H and O–H groups in total. The molecule has 31 heavy (non-hydrogen) atoms. The number of carbonyl (C=O) groups excluding carboxylic acids is 1. The van der Waals surface area contributed by atoms with Crippen LogP contribution < -0.4 is 0 Å². The number of rotatable bonds is 5. The lowest BCUT2D eigenvalue weighted by Crippen LogP contribution is -2.28. The second-order valence-electron chi connectivity index (χ2n) is 7.82. The van der Waals surface area contributed by atoms with E-state index in [-0.39, 0.29) is 5.91 Å². The van der Waals surface area contributed by atoms with Crippen molar-refractivity contribution in [2.24, 2.45) is 0 Å². The lowest BCUT2D eigenvalue weighted by atomic mass is 9.95. The second kappa shape index (κ2) is 8.81. The molecular weight excluding hydrogens is 422 g/mol. The molecule has 0 saturated carbocycles. The molecule has 6 heteroatoms. The molecule has 0 spiro atoms. The molecule has 0 aliphatic carbocycles. The molecule has 0 radical (unpaired) electrons. The maximum atomic E-state index is 12.9. The summed E-state index contributed by atoms with van der Waals surface area (Å²) < 4.78 is 2.50. The van der Waals surface area contributed by atoms with Gasteiger partial charge in [-0.1, -0.05) is 66.8 Å². The topological polar surface area (TPSA) is 38.1 Å². The lowest BCUT2D eigenvalue weighted by Gasteiger charge is -2.12. The molecule has 4 nitrogen and oxygen atoms in total. The predicted molar refractivity (Wildman–Crippen MR) is 133 cm³/mol. The summed E-state index contributed by atoms with van der Waals surface area (Å²) in [5.74, 6) is -0.0207. The van der Waals surface area contributed by atoms with Crippen LogP contribution in [0.1, 0.15) is 35.6 Å². The van der Waals surface area contributed by atoms with Crippen LogP contribution >= 0.6 is 24.0 Å². The molecular formula is C25H25N3OS2. The second-order valence-corrected chi connectivity index (χ2v) is 9.50. The Labute approximate surface area is 193 Å². The molecule has 158 valence electrons. The zero-order chi connectivity index (χ0) is 22.1. The molecule has 2 aromatic carbocycles. The predicted octanol–water partition coefficient (Wildman–Crippen LogP) is 6.08. The number of carbonyl (C=O) groups is 1. The van der Waals surface area contributed by atoms with Gasteiger partial charge in [-0.2, -0.15) is 5.10 Å². The van der Waals surface area contributed by atoms with Gasteiger partial charge in [-0.25, -0.2) is 4.68 Å². The van der Waals surface area contributed by atoms with Gasteiger partial charge in [0.25, 0.3) is 5.91 Å². The summed E-state index contributed by atoms with van der Waals surface area (Å²) in [5, 5.41) is 4.95. The minimum atomic E-state index is -0.0207. The smallest absolute Gasteiger partial charge is 0.266 e. The average Bonchev–Trinajstić information content (AvgIpc) is 3.25. The molecule has 3 aromatic rings. The van der Waals surface area contributed by atoms with Crippen LogP contribution in [0.2, 0.25) is 0 Å². The van der Waals surface area contributed by atoms with Gasteiger partial charge in [0.2, 0.25) is 0 Å². The fourth-order valence-corrected chi connectivity index (χ4v) is 5.31. The van der Waals surface area contributed by atoms with Gasteiger partial charge in [0, 0.05) is 23.9 Å². The summed E-state index contributed by atoms with van der Waals surface area (Å²) >= 11 is 6.81. The molecule has 1 saturated heterocycles. The highest BCUT2D eigenvalue weighted by Crippen LogP contribution is 2.36. The molecule has 0 bridgehead atoms. The quantitative estimate of drug-likeness (QED) is 0.351. The minimum Gasteiger partial charge on any atom is -0.293 e. The highest BCUT2D eigenvalue weighted by molar-refractivity contribution is 8.26. The monoisotopic (exact) mass is 447 g/mol. The van der Waals surface area contributed by atoms with Crippen molar-refractivity contribution in [3.63, 3.8) is 0 Å². The number of amides is 1. The summed E-state index contributed by atoms with van der Waals surface area (Å²) in [7, 11) is 0. The van der Waals surface area contributed by atoms with Crippen molar-refractivity contribution in [3.8, 4) is 16.9 Å². The van der Waals surface area contributed by atoms with Crippen LogP contribution in [0.15, 0.2) is 53.6 Å². The van der Waals surface area contributed by atoms with Crippen molar-refractivity contribution < 1.29 is 4.79 Å². The van der Waals surface area contributed by atoms with Crippen molar-refractivity contribution in [1.29, 1.82) is 0 Å². The number of hydrogen-bond donors (Lipinski definition) is 0. The number of thiocarbonyl (C=S) groups is 1. The Morgan fingerprint density at radius 3 is 2.42 bits per heavy atom. The maximum Gasteiger partial charge on any atom is 0.266 e. The fourth-order valence-electron chi connectivity index (χ4n) is 4.01. The Morgan fingerprint density at radius 1 is 1.10 bits per heavy atom. The normalized spacial score (nSPS) is 15.4. The molecule has 2 heterocycles. The standard InChI is InChI=1S/C25H25N3OS2/c1-5-11-27-24(29)21(31-25(27)30)14-19-15-28(20-9-7-6-8-10-20)26-23(19)22-17(3)12-16(2)13-18(22)4/h6-10,12-15H,5,11H2,1-4H3/b21-14-. The maximum absolute atomic E-state index is 12.9. The van der Waals surface area contributed by atoms with Gasteiger partial charge in [0.15, 0.2) is 0 Å². The van der Waals surface area contributed by atoms with Gasteiger partial charge in [0.1, 0.15) is 10.0 Å². The number of benzene rings is 2. The zero-order valence-corrected chi connectivity index (χ0v) is 19.8. The van der Waals surface area contributed by atoms with E-state index >= 15 is 0 Å². The van der Waals surface area contributed by atoms with Gasteiger partial charge < -0.3 is 0 Å². The third-order valence-corrected chi connectivity index (χ3v) is 6.66. The summed E-state index contributed by atoms with van der Waals surface area (Å²) in [4.78, 5) is 15.3. The molecule has 1 amide bonds. The summed E-state index contributed by atoms with van der Waals surface area (Å²) in [5.41, 5.74) is 7.44. The number of para-hydroxylation sites is 1. The van der Waals surface area contributed by atoms with Gasteiger partial charge in [-0.05, 0) is 56.5 Å². The summed E-state index contributed by atoms with van der Waals surface area (Å²) in [6.07, 6.45) is 4.81. The van der Waals surface area contributed by atoms with E-state index in [0.717, 1.165) is 28.9 Å². The van der Waals surface area contributed by atoms with E-state index in [1.54, 1.807) is 4.90 Å². The Balaban J connectivity index is 1.87. The van der Waals surface area contributed by atoms with Crippen molar-refractivity contribution in [2.45, 2.75) is 34.1 Å². The van der Waals surface area contributed by atoms with Crippen molar-refractivity contribution in [2.75, 3.05) is 6.54 Å². The van der Waals surface area contributed by atoms with Gasteiger partial charge in [0.05, 0.1) is 10.6 Å². The van der Waals surface area contributed by atoms with Crippen molar-refractivity contribution in [1.82, 2.24) is 14.7 Å². The van der Waals surface area contributed by atoms with E-state index in [1.165, 1.54) is 28.5 Å². The van der Waals surface area contributed by atoms with E-state index in [1.807, 2.05) is 54.2 Å². The molecule has 4 rings (SSSR count). The number of aryl methyl sites for hydroxylation is 3. The van der Waals surface area contributed by atoms with Crippen LogP contribution in [-0.4, -0.2) is 31.5 Å². The average molecular weight is 448 g/mol. The van der Waals surface area contributed by atoms with Crippen molar-refractivity contribution >= 4 is 40.3 Å². The van der Waals surface area contributed by atoms with Crippen LogP contribution in [-0.2, 0) is 4.79 Å². The molecule has 1 fully saturated rings. The van der Waals surface area contributed by atoms with E-state index in [9.17, 15) is 4.79 Å². The van der Waals surface area contributed by atoms with Gasteiger partial charge in [-0.15, -0.1) is 0 Å². The van der Waals surface area contributed by atoms with Crippen LogP contribution in [0.25, 0.3) is 23.0 Å². The van der Waals surface area contributed by atoms with Crippen LogP contribution in [0.3, 0.4) is 0 Å². The third kappa shape index (κ3) is 4.23. The van der Waals surface area contributed by atoms with E-state index in [4.69, 9.17) is 17.3 Å². The number of thioether (sulfide) groups is 1. The first-order valence-electron chi connectivity index (χ1n) is 10.4. The molecule has 0 atom stereocenters. The molecule has 1 aromatic heterocycles. The Kier molecular flexibility index (Phi) is 6.12. The number of aromatic nitrogens is 2. The number of nitrogens with zero attached hydrogens (tertiary/aromatic N) is 3. The Bertz CT molecular complexity index is 1170. The van der Waals surface area contributed by atoms with Crippen molar-refractivity contribution in [3.05, 3.63) is 75.8 Å². The molecule has 1 aliphatic rings. The van der Waals surface area contributed by atoms with Gasteiger partial charge >= 0.3 is 0 Å². The largest absolute Gasteiger partial charge is 0.293 e. The zero-order valence-electron chi connectivity index (χ0n) is 18.2. The van der Waals surface area contributed by atoms with E-state index in [2.05, 4.69) is 32.9 Å². The highest BCUT2D eigenvalue weighted by Gasteiger charge is 2.31. The van der Waals surface area contributed by atoms with E-state index in [0.29, 0.717) is 15.8 Å². The summed E-state index contributed by atoms with van der Waals surface area (Å²) in [6.45, 7) is 9.02. The number of hydrogen-bond acceptors (Lipinski definition) is 4. The highest BCUT2D eigenvalue weighted by atomic mass is 32.2. The minimum absolute atomic E-state index is 0.0207. The lowest BCUT2D eigenvalue weighted by molar-refractivity contribution is -0.122. The first-order valence-corrected chi connectivity index (χ1v) is 11.6. The van der Waals surface area contributed by atoms with Crippen LogP contribution in [0.5, 0.6) is 0 Å². The van der Waals surface area contributed by atoms with Crippen LogP contribution in [0.4, 0.5) is 0 Å². The van der Waals surface area contributed by atoms with Gasteiger partial charge in [-0.3, -0.25) is 9.69 Å². The molecule has 0 unspecified atom stereocenters. The molecule has 1 aliphatic heterocycles.